The number of nitro benzene ring substituents is 1. The lowest BCUT2D eigenvalue weighted by molar-refractivity contribution is -0.384. The molecule has 0 aliphatic heterocycles. The number of amides is 1. The summed E-state index contributed by atoms with van der Waals surface area (Å²) in [7, 11) is 0. The number of nitro groups is 1. The second-order valence-electron chi connectivity index (χ2n) is 6.18. The van der Waals surface area contributed by atoms with E-state index in [-0.39, 0.29) is 22.9 Å². The third kappa shape index (κ3) is 3.34. The van der Waals surface area contributed by atoms with Gasteiger partial charge in [-0.1, -0.05) is 6.07 Å². The number of rotatable bonds is 5. The number of carbonyl (C=O) groups excluding carboxylic acids is 1. The summed E-state index contributed by atoms with van der Waals surface area (Å²) in [4.78, 5) is 33.5. The van der Waals surface area contributed by atoms with Gasteiger partial charge in [0.25, 0.3) is 5.69 Å². The third-order valence-corrected chi connectivity index (χ3v) is 4.55. The number of carbonyl (C=O) groups is 2. The Hall–Kier alpha value is -3.42. The predicted octanol–water partition coefficient (Wildman–Crippen LogP) is 2.36. The van der Waals surface area contributed by atoms with E-state index in [1.807, 2.05) is 0 Å². The van der Waals surface area contributed by atoms with Gasteiger partial charge in [-0.15, -0.1) is 0 Å². The number of hydrogen-bond donors (Lipinski definition) is 3. The number of carboxylic acids is 1. The van der Waals surface area contributed by atoms with E-state index < -0.39 is 16.8 Å². The molecule has 8 heteroatoms. The number of aromatic carboxylic acids is 1. The molecule has 0 fully saturated rings. The van der Waals surface area contributed by atoms with Crippen molar-refractivity contribution in [3.8, 4) is 0 Å². The number of primary amides is 1. The molecule has 26 heavy (non-hydrogen) atoms. The summed E-state index contributed by atoms with van der Waals surface area (Å²) >= 11 is 0. The van der Waals surface area contributed by atoms with E-state index >= 15 is 0 Å². The topological polar surface area (TPSA) is 136 Å². The summed E-state index contributed by atoms with van der Waals surface area (Å²) in [5.41, 5.74) is 7.71. The van der Waals surface area contributed by atoms with Crippen LogP contribution in [0.1, 0.15) is 38.3 Å². The highest BCUT2D eigenvalue weighted by atomic mass is 16.6. The quantitative estimate of drug-likeness (QED) is 0.556. The molecule has 0 bridgehead atoms. The fraction of sp³-hybridized carbons (Fsp3) is 0.222. The Kier molecular flexibility index (Phi) is 4.57. The Balaban J connectivity index is 1.86. The number of benzene rings is 2. The molecule has 134 valence electrons. The lowest BCUT2D eigenvalue weighted by atomic mass is 9.83. The smallest absolute Gasteiger partial charge is 0.336 e. The van der Waals surface area contributed by atoms with Crippen molar-refractivity contribution < 1.29 is 19.6 Å². The van der Waals surface area contributed by atoms with E-state index in [0.717, 1.165) is 17.7 Å². The number of fused-ring (bicyclic) bond motifs is 1. The van der Waals surface area contributed by atoms with Crippen molar-refractivity contribution in [2.75, 3.05) is 5.32 Å². The van der Waals surface area contributed by atoms with E-state index in [1.54, 1.807) is 18.2 Å². The summed E-state index contributed by atoms with van der Waals surface area (Å²) in [5, 5.41) is 23.3. The number of nitrogens with two attached hydrogens (primary N) is 1. The second-order valence-corrected chi connectivity index (χ2v) is 6.18. The zero-order valence-electron chi connectivity index (χ0n) is 13.8. The zero-order chi connectivity index (χ0) is 18.8. The van der Waals surface area contributed by atoms with Gasteiger partial charge in [-0.2, -0.15) is 0 Å². The fourth-order valence-corrected chi connectivity index (χ4v) is 3.33. The fourth-order valence-electron chi connectivity index (χ4n) is 3.33. The predicted molar refractivity (Wildman–Crippen MR) is 94.5 cm³/mol. The van der Waals surface area contributed by atoms with Crippen LogP contribution in [0.15, 0.2) is 36.4 Å². The van der Waals surface area contributed by atoms with Crippen molar-refractivity contribution in [1.29, 1.82) is 0 Å². The van der Waals surface area contributed by atoms with Crippen LogP contribution in [0.2, 0.25) is 0 Å². The van der Waals surface area contributed by atoms with Gasteiger partial charge in [0.2, 0.25) is 5.91 Å². The monoisotopic (exact) mass is 355 g/mol. The molecular weight excluding hydrogens is 338 g/mol. The molecule has 0 radical (unpaired) electrons. The molecule has 8 nitrogen and oxygen atoms in total. The van der Waals surface area contributed by atoms with Crippen LogP contribution in [-0.4, -0.2) is 27.9 Å². The highest BCUT2D eigenvalue weighted by Gasteiger charge is 2.27. The molecule has 3 rings (SSSR count). The maximum absolute atomic E-state index is 11.8. The number of nitrogens with one attached hydrogen (secondary N) is 1. The SMILES string of the molecule is NC(=O)c1c(C(=O)O)ccc2c1CC(Nc1ccc([N+](=O)[O-])cc1)CC2. The molecule has 0 aromatic heterocycles. The van der Waals surface area contributed by atoms with Gasteiger partial charge in [0.15, 0.2) is 0 Å². The highest BCUT2D eigenvalue weighted by Crippen LogP contribution is 2.29. The Morgan fingerprint density at radius 2 is 1.88 bits per heavy atom. The number of carboxylic acid groups (broad SMARTS) is 1. The molecule has 4 N–H and O–H groups in total. The van der Waals surface area contributed by atoms with E-state index in [1.165, 1.54) is 18.2 Å². The van der Waals surface area contributed by atoms with Crippen molar-refractivity contribution in [2.45, 2.75) is 25.3 Å². The van der Waals surface area contributed by atoms with Crippen LogP contribution in [0.4, 0.5) is 11.4 Å². The minimum atomic E-state index is -1.19. The number of hydrogen-bond acceptors (Lipinski definition) is 5. The summed E-state index contributed by atoms with van der Waals surface area (Å²) in [5.74, 6) is -1.94. The summed E-state index contributed by atoms with van der Waals surface area (Å²) in [6, 6.07) is 9.18. The van der Waals surface area contributed by atoms with Crippen molar-refractivity contribution in [2.24, 2.45) is 5.73 Å². The summed E-state index contributed by atoms with van der Waals surface area (Å²) in [6.07, 6.45) is 1.92. The zero-order valence-corrected chi connectivity index (χ0v) is 13.8. The molecule has 0 heterocycles. The molecule has 1 aliphatic rings. The van der Waals surface area contributed by atoms with Crippen LogP contribution in [0.3, 0.4) is 0 Å². The lowest BCUT2D eigenvalue weighted by Gasteiger charge is -2.28. The van der Waals surface area contributed by atoms with E-state index in [2.05, 4.69) is 5.32 Å². The van der Waals surface area contributed by atoms with Crippen LogP contribution < -0.4 is 11.1 Å². The first-order valence-electron chi connectivity index (χ1n) is 8.05. The van der Waals surface area contributed by atoms with Gasteiger partial charge in [-0.25, -0.2) is 4.79 Å². The largest absolute Gasteiger partial charge is 0.478 e. The van der Waals surface area contributed by atoms with E-state index in [4.69, 9.17) is 5.73 Å². The van der Waals surface area contributed by atoms with Gasteiger partial charge >= 0.3 is 5.97 Å². The highest BCUT2D eigenvalue weighted by molar-refractivity contribution is 6.05. The Labute approximate surface area is 148 Å². The van der Waals surface area contributed by atoms with Crippen molar-refractivity contribution in [3.05, 3.63) is 68.8 Å². The average Bonchev–Trinajstić information content (AvgIpc) is 2.60. The molecule has 0 saturated heterocycles. The Morgan fingerprint density at radius 1 is 1.19 bits per heavy atom. The maximum atomic E-state index is 11.8. The lowest BCUT2D eigenvalue weighted by Crippen LogP contribution is -2.30. The molecule has 1 amide bonds. The third-order valence-electron chi connectivity index (χ3n) is 4.55. The van der Waals surface area contributed by atoms with Gasteiger partial charge in [0, 0.05) is 23.9 Å². The van der Waals surface area contributed by atoms with Crippen molar-refractivity contribution in [3.63, 3.8) is 0 Å². The van der Waals surface area contributed by atoms with Crippen LogP contribution in [0.5, 0.6) is 0 Å². The van der Waals surface area contributed by atoms with Gasteiger partial charge < -0.3 is 16.2 Å². The number of aryl methyl sites for hydroxylation is 1. The van der Waals surface area contributed by atoms with Crippen LogP contribution in [0, 0.1) is 10.1 Å². The van der Waals surface area contributed by atoms with Crippen LogP contribution >= 0.6 is 0 Å². The first-order valence-corrected chi connectivity index (χ1v) is 8.05. The summed E-state index contributed by atoms with van der Waals surface area (Å²) < 4.78 is 0. The minimum absolute atomic E-state index is 0.00616. The van der Waals surface area contributed by atoms with Gasteiger partial charge in [-0.3, -0.25) is 14.9 Å². The van der Waals surface area contributed by atoms with Crippen LogP contribution in [0.25, 0.3) is 0 Å². The summed E-state index contributed by atoms with van der Waals surface area (Å²) in [6.45, 7) is 0. The average molecular weight is 355 g/mol. The van der Waals surface area contributed by atoms with Crippen LogP contribution in [-0.2, 0) is 12.8 Å². The molecule has 2 aromatic carbocycles. The molecule has 1 atom stereocenters. The molecule has 1 aliphatic carbocycles. The molecule has 2 aromatic rings. The first-order chi connectivity index (χ1) is 12.4. The van der Waals surface area contributed by atoms with Gasteiger partial charge in [0.1, 0.15) is 0 Å². The minimum Gasteiger partial charge on any atom is -0.478 e. The number of non-ortho nitro benzene ring substituents is 1. The van der Waals surface area contributed by atoms with E-state index in [0.29, 0.717) is 18.4 Å². The second kappa shape index (κ2) is 6.83. The van der Waals surface area contributed by atoms with Crippen molar-refractivity contribution >= 4 is 23.3 Å². The number of nitrogens with zero attached hydrogens (tertiary/aromatic N) is 1. The first kappa shape index (κ1) is 17.4. The number of anilines is 1. The van der Waals surface area contributed by atoms with Crippen molar-refractivity contribution in [1.82, 2.24) is 0 Å². The Bertz CT molecular complexity index is 892. The Morgan fingerprint density at radius 3 is 2.46 bits per heavy atom. The molecular formula is C18H17N3O5. The standard InChI is InChI=1S/C18H17N3O5/c19-17(22)16-14(18(23)24)8-2-10-1-3-12(9-15(10)16)20-11-4-6-13(7-5-11)21(25)26/h2,4-8,12,20H,1,3,9H2,(H2,19,22)(H,23,24). The van der Waals surface area contributed by atoms with Gasteiger partial charge in [0.05, 0.1) is 16.1 Å². The molecule has 0 spiro atoms. The molecule has 0 saturated carbocycles. The molecule has 1 unspecified atom stereocenters. The maximum Gasteiger partial charge on any atom is 0.336 e. The van der Waals surface area contributed by atoms with E-state index in [9.17, 15) is 24.8 Å². The van der Waals surface area contributed by atoms with Gasteiger partial charge in [-0.05, 0) is 48.6 Å². The normalized spacial score (nSPS) is 15.8.